The van der Waals surface area contributed by atoms with Crippen molar-refractivity contribution in [1.29, 1.82) is 0 Å². The van der Waals surface area contributed by atoms with Crippen molar-refractivity contribution < 1.29 is 14.6 Å². The first kappa shape index (κ1) is 9.99. The maximum Gasteiger partial charge on any atom is 0.302 e. The van der Waals surface area contributed by atoms with Gasteiger partial charge in [-0.25, -0.2) is 0 Å². The first-order valence-corrected chi connectivity index (χ1v) is 3.37. The van der Waals surface area contributed by atoms with Gasteiger partial charge in [0.15, 0.2) is 5.60 Å². The fourth-order valence-electron chi connectivity index (χ4n) is 0.467. The highest BCUT2D eigenvalue weighted by Gasteiger charge is 2.22. The van der Waals surface area contributed by atoms with E-state index in [0.29, 0.717) is 6.42 Å². The molecule has 0 amide bonds. The molecule has 0 aliphatic rings. The monoisotopic (exact) mass is 156 g/mol. The molecule has 1 atom stereocenters. The van der Waals surface area contributed by atoms with E-state index < -0.39 is 11.6 Å². The molecule has 0 aromatic carbocycles. The number of hydrogen-bond donors (Lipinski definition) is 1. The number of terminal acetylenes is 1. The summed E-state index contributed by atoms with van der Waals surface area (Å²) < 4.78 is 4.56. The number of aliphatic hydroxyl groups is 1. The van der Waals surface area contributed by atoms with Crippen molar-refractivity contribution in [2.75, 3.05) is 6.61 Å². The van der Waals surface area contributed by atoms with Crippen LogP contribution in [0.5, 0.6) is 0 Å². The maximum atomic E-state index is 10.3. The smallest absolute Gasteiger partial charge is 0.302 e. The summed E-state index contributed by atoms with van der Waals surface area (Å²) >= 11 is 0. The summed E-state index contributed by atoms with van der Waals surface area (Å²) in [6, 6.07) is 0. The molecular formula is C8H12O3. The Morgan fingerprint density at radius 2 is 2.36 bits per heavy atom. The molecule has 0 aliphatic carbocycles. The Hall–Kier alpha value is -1.01. The fourth-order valence-corrected chi connectivity index (χ4v) is 0.467. The van der Waals surface area contributed by atoms with Crippen LogP contribution in [-0.2, 0) is 9.53 Å². The van der Waals surface area contributed by atoms with Gasteiger partial charge in [0.2, 0.25) is 0 Å². The van der Waals surface area contributed by atoms with Gasteiger partial charge in [0.05, 0.1) is 0 Å². The number of carbonyl (C=O) groups is 1. The van der Waals surface area contributed by atoms with Crippen LogP contribution in [0.3, 0.4) is 0 Å². The van der Waals surface area contributed by atoms with Crippen LogP contribution in [0.2, 0.25) is 0 Å². The van der Waals surface area contributed by atoms with Crippen LogP contribution in [0.1, 0.15) is 20.3 Å². The van der Waals surface area contributed by atoms with Crippen LogP contribution in [0.25, 0.3) is 0 Å². The normalized spacial score (nSPS) is 14.7. The Labute approximate surface area is 66.4 Å². The van der Waals surface area contributed by atoms with Crippen molar-refractivity contribution >= 4 is 5.97 Å². The Bertz CT molecular complexity index is 180. The molecule has 3 nitrogen and oxygen atoms in total. The van der Waals surface area contributed by atoms with E-state index >= 15 is 0 Å². The summed E-state index contributed by atoms with van der Waals surface area (Å²) in [4.78, 5) is 10.3. The molecule has 0 aliphatic heterocycles. The van der Waals surface area contributed by atoms with Crippen molar-refractivity contribution in [3.63, 3.8) is 0 Å². The van der Waals surface area contributed by atoms with Crippen molar-refractivity contribution in [2.45, 2.75) is 25.9 Å². The van der Waals surface area contributed by atoms with E-state index in [-0.39, 0.29) is 6.61 Å². The maximum absolute atomic E-state index is 10.3. The van der Waals surface area contributed by atoms with Gasteiger partial charge >= 0.3 is 5.97 Å². The van der Waals surface area contributed by atoms with Gasteiger partial charge in [-0.2, -0.15) is 0 Å². The number of carbonyl (C=O) groups excluding carboxylic acids is 1. The summed E-state index contributed by atoms with van der Waals surface area (Å²) in [5, 5.41) is 9.36. The fraction of sp³-hybridized carbons (Fsp3) is 0.625. The van der Waals surface area contributed by atoms with Crippen LogP contribution in [0.15, 0.2) is 0 Å². The minimum Gasteiger partial charge on any atom is -0.462 e. The van der Waals surface area contributed by atoms with Gasteiger partial charge in [-0.15, -0.1) is 6.42 Å². The zero-order valence-electron chi connectivity index (χ0n) is 6.76. The lowest BCUT2D eigenvalue weighted by molar-refractivity contribution is -0.146. The standard InChI is InChI=1S/C8H12O3/c1-4-8(10,5-2)6-11-7(3)9/h1,10H,5-6H2,2-3H3. The summed E-state index contributed by atoms with van der Waals surface area (Å²) in [5.41, 5.74) is -1.30. The van der Waals surface area contributed by atoms with Gasteiger partial charge in [0.1, 0.15) is 6.61 Å². The van der Waals surface area contributed by atoms with Crippen LogP contribution in [0, 0.1) is 12.3 Å². The average Bonchev–Trinajstić information content (AvgIpc) is 2.00. The van der Waals surface area contributed by atoms with Gasteiger partial charge in [-0.05, 0) is 6.42 Å². The van der Waals surface area contributed by atoms with Crippen LogP contribution in [0.4, 0.5) is 0 Å². The highest BCUT2D eigenvalue weighted by atomic mass is 16.5. The van der Waals surface area contributed by atoms with Gasteiger partial charge in [-0.1, -0.05) is 12.8 Å². The second-order valence-electron chi connectivity index (χ2n) is 2.31. The van der Waals surface area contributed by atoms with E-state index in [1.165, 1.54) is 6.92 Å². The molecule has 3 heteroatoms. The Kier molecular flexibility index (Phi) is 3.63. The Morgan fingerprint density at radius 3 is 2.64 bits per heavy atom. The Morgan fingerprint density at radius 1 is 1.82 bits per heavy atom. The molecular weight excluding hydrogens is 144 g/mol. The number of hydrogen-bond acceptors (Lipinski definition) is 3. The first-order chi connectivity index (χ1) is 5.04. The number of ether oxygens (including phenoxy) is 1. The Balaban J connectivity index is 3.91. The highest BCUT2D eigenvalue weighted by molar-refractivity contribution is 5.66. The molecule has 0 fully saturated rings. The molecule has 0 aromatic rings. The quantitative estimate of drug-likeness (QED) is 0.473. The lowest BCUT2D eigenvalue weighted by Crippen LogP contribution is -2.32. The molecule has 1 N–H and O–H groups in total. The van der Waals surface area contributed by atoms with Crippen LogP contribution in [-0.4, -0.2) is 23.3 Å². The van der Waals surface area contributed by atoms with Crippen LogP contribution < -0.4 is 0 Å². The van der Waals surface area contributed by atoms with Crippen molar-refractivity contribution in [3.05, 3.63) is 0 Å². The van der Waals surface area contributed by atoms with E-state index in [4.69, 9.17) is 6.42 Å². The molecule has 62 valence electrons. The lowest BCUT2D eigenvalue weighted by Gasteiger charge is -2.18. The average molecular weight is 156 g/mol. The lowest BCUT2D eigenvalue weighted by atomic mass is 10.0. The summed E-state index contributed by atoms with van der Waals surface area (Å²) in [6.45, 7) is 2.87. The molecule has 0 spiro atoms. The van der Waals surface area contributed by atoms with E-state index in [0.717, 1.165) is 0 Å². The third-order valence-electron chi connectivity index (χ3n) is 1.37. The third-order valence-corrected chi connectivity index (χ3v) is 1.37. The van der Waals surface area contributed by atoms with Crippen molar-refractivity contribution in [3.8, 4) is 12.3 Å². The summed E-state index contributed by atoms with van der Waals surface area (Å²) in [7, 11) is 0. The molecule has 1 unspecified atom stereocenters. The summed E-state index contributed by atoms with van der Waals surface area (Å²) in [5.74, 6) is 1.72. The van der Waals surface area contributed by atoms with Gasteiger partial charge in [0, 0.05) is 6.92 Å². The molecule has 0 radical (unpaired) electrons. The van der Waals surface area contributed by atoms with Gasteiger partial charge < -0.3 is 9.84 Å². The molecule has 0 saturated heterocycles. The van der Waals surface area contributed by atoms with Crippen molar-refractivity contribution in [2.24, 2.45) is 0 Å². The highest BCUT2D eigenvalue weighted by Crippen LogP contribution is 2.08. The molecule has 0 saturated carbocycles. The number of esters is 1. The minimum absolute atomic E-state index is 0.130. The second-order valence-corrected chi connectivity index (χ2v) is 2.31. The zero-order valence-corrected chi connectivity index (χ0v) is 6.76. The molecule has 0 rings (SSSR count). The van der Waals surface area contributed by atoms with Gasteiger partial charge in [-0.3, -0.25) is 4.79 Å². The second kappa shape index (κ2) is 3.99. The molecule has 11 heavy (non-hydrogen) atoms. The SMILES string of the molecule is C#CC(O)(CC)COC(C)=O. The van der Waals surface area contributed by atoms with E-state index in [9.17, 15) is 9.90 Å². The number of rotatable bonds is 3. The minimum atomic E-state index is -1.30. The molecule has 0 heterocycles. The predicted molar refractivity (Wildman–Crippen MR) is 40.7 cm³/mol. The van der Waals surface area contributed by atoms with Crippen molar-refractivity contribution in [1.82, 2.24) is 0 Å². The van der Waals surface area contributed by atoms with E-state index in [1.807, 2.05) is 0 Å². The zero-order chi connectivity index (χ0) is 8.91. The predicted octanol–water partition coefficient (Wildman–Crippen LogP) is 0.324. The van der Waals surface area contributed by atoms with Crippen LogP contribution >= 0.6 is 0 Å². The molecule has 0 aromatic heterocycles. The van der Waals surface area contributed by atoms with E-state index in [2.05, 4.69) is 10.7 Å². The third kappa shape index (κ3) is 3.64. The van der Waals surface area contributed by atoms with E-state index in [1.54, 1.807) is 6.92 Å². The molecule has 0 bridgehead atoms. The largest absolute Gasteiger partial charge is 0.462 e. The topological polar surface area (TPSA) is 46.5 Å². The first-order valence-electron chi connectivity index (χ1n) is 3.37. The summed E-state index contributed by atoms with van der Waals surface area (Å²) in [6.07, 6.45) is 5.38. The van der Waals surface area contributed by atoms with Gasteiger partial charge in [0.25, 0.3) is 0 Å².